The number of rotatable bonds is 7. The number of hydrogen-bond acceptors (Lipinski definition) is 3. The lowest BCUT2D eigenvalue weighted by molar-refractivity contribution is -0.137. The molecule has 3 aromatic rings. The van der Waals surface area contributed by atoms with Gasteiger partial charge in [-0.15, -0.1) is 0 Å². The Morgan fingerprint density at radius 1 is 1.00 bits per heavy atom. The number of halogens is 4. The van der Waals surface area contributed by atoms with Crippen molar-refractivity contribution in [2.24, 2.45) is 0 Å². The van der Waals surface area contributed by atoms with Crippen molar-refractivity contribution in [2.75, 3.05) is 10.8 Å². The van der Waals surface area contributed by atoms with Crippen LogP contribution in [0.25, 0.3) is 0 Å². The van der Waals surface area contributed by atoms with Crippen molar-refractivity contribution in [1.82, 2.24) is 5.32 Å². The highest BCUT2D eigenvalue weighted by Gasteiger charge is 2.34. The number of anilines is 1. The quantitative estimate of drug-likeness (QED) is 0.490. The second kappa shape index (κ2) is 9.84. The van der Waals surface area contributed by atoms with Crippen molar-refractivity contribution in [3.63, 3.8) is 0 Å². The molecule has 3 aromatic carbocycles. The molecule has 0 aliphatic carbocycles. The molecular formula is C23H20ClF3N2O3S. The number of carbonyl (C=O) groups excluding carboxylic acids is 1. The Labute approximate surface area is 194 Å². The van der Waals surface area contributed by atoms with Crippen LogP contribution < -0.4 is 9.62 Å². The van der Waals surface area contributed by atoms with Gasteiger partial charge in [-0.25, -0.2) is 8.42 Å². The molecule has 0 atom stereocenters. The number of aryl methyl sites for hydroxylation is 1. The number of nitrogens with zero attached hydrogens (tertiary/aromatic N) is 1. The van der Waals surface area contributed by atoms with E-state index in [0.29, 0.717) is 10.4 Å². The van der Waals surface area contributed by atoms with Gasteiger partial charge in [0.15, 0.2) is 0 Å². The van der Waals surface area contributed by atoms with Gasteiger partial charge in [-0.2, -0.15) is 13.2 Å². The summed E-state index contributed by atoms with van der Waals surface area (Å²) >= 11 is 6.11. The van der Waals surface area contributed by atoms with Crippen LogP contribution in [0.3, 0.4) is 0 Å². The Bertz CT molecular complexity index is 1230. The second-order valence-electron chi connectivity index (χ2n) is 7.25. The minimum absolute atomic E-state index is 0.119. The zero-order chi connectivity index (χ0) is 24.2. The van der Waals surface area contributed by atoms with E-state index in [0.717, 1.165) is 23.3 Å². The number of sulfonamides is 1. The Kier molecular flexibility index (Phi) is 7.34. The standard InChI is InChI=1S/C23H20ClF3N2O3S/c1-16-7-10-19(11-8-16)33(31,32)29(15-22(30)28-14-17-5-3-2-4-6-17)21-13-18(23(25,26)27)9-12-20(21)24/h2-13H,14-15H2,1H3,(H,28,30). The molecule has 0 bridgehead atoms. The average Bonchev–Trinajstić information content (AvgIpc) is 2.77. The molecule has 0 unspecified atom stereocenters. The Hall–Kier alpha value is -3.04. The van der Waals surface area contributed by atoms with Crippen LogP contribution in [0.4, 0.5) is 18.9 Å². The molecule has 0 radical (unpaired) electrons. The first kappa shape index (κ1) is 24.6. The third kappa shape index (κ3) is 6.06. The summed E-state index contributed by atoms with van der Waals surface area (Å²) in [7, 11) is -4.41. The van der Waals surface area contributed by atoms with Gasteiger partial charge in [0, 0.05) is 6.54 Å². The number of benzene rings is 3. The van der Waals surface area contributed by atoms with Gasteiger partial charge in [0.05, 0.1) is 21.2 Å². The maximum atomic E-state index is 13.4. The van der Waals surface area contributed by atoms with E-state index in [1.54, 1.807) is 49.4 Å². The Morgan fingerprint density at radius 3 is 2.24 bits per heavy atom. The van der Waals surface area contributed by atoms with Crippen LogP contribution in [-0.4, -0.2) is 20.9 Å². The average molecular weight is 497 g/mol. The van der Waals surface area contributed by atoms with Crippen LogP contribution in [-0.2, 0) is 27.5 Å². The monoisotopic (exact) mass is 496 g/mol. The molecule has 3 rings (SSSR count). The van der Waals surface area contributed by atoms with Gasteiger partial charge in [-0.05, 0) is 42.8 Å². The van der Waals surface area contributed by atoms with Crippen LogP contribution in [0.2, 0.25) is 5.02 Å². The van der Waals surface area contributed by atoms with E-state index in [1.807, 2.05) is 0 Å². The van der Waals surface area contributed by atoms with Gasteiger partial charge in [0.1, 0.15) is 6.54 Å². The van der Waals surface area contributed by atoms with Crippen molar-refractivity contribution in [1.29, 1.82) is 0 Å². The zero-order valence-electron chi connectivity index (χ0n) is 17.4. The lowest BCUT2D eigenvalue weighted by atomic mass is 10.2. The summed E-state index contributed by atoms with van der Waals surface area (Å²) in [6.07, 6.45) is -4.73. The fraction of sp³-hybridized carbons (Fsp3) is 0.174. The number of nitrogens with one attached hydrogen (secondary N) is 1. The second-order valence-corrected chi connectivity index (χ2v) is 9.52. The highest BCUT2D eigenvalue weighted by molar-refractivity contribution is 7.92. The largest absolute Gasteiger partial charge is 0.416 e. The minimum Gasteiger partial charge on any atom is -0.350 e. The molecule has 0 aromatic heterocycles. The molecule has 0 aliphatic rings. The molecule has 0 saturated heterocycles. The van der Waals surface area contributed by atoms with E-state index in [1.165, 1.54) is 12.1 Å². The van der Waals surface area contributed by atoms with Crippen molar-refractivity contribution in [3.8, 4) is 0 Å². The molecule has 0 spiro atoms. The third-order valence-corrected chi connectivity index (χ3v) is 6.86. The first-order valence-electron chi connectivity index (χ1n) is 9.75. The first-order chi connectivity index (χ1) is 15.5. The lowest BCUT2D eigenvalue weighted by Crippen LogP contribution is -2.41. The maximum absolute atomic E-state index is 13.4. The van der Waals surface area contributed by atoms with Gasteiger partial charge in [0.2, 0.25) is 5.91 Å². The first-order valence-corrected chi connectivity index (χ1v) is 11.6. The van der Waals surface area contributed by atoms with Gasteiger partial charge < -0.3 is 5.32 Å². The molecule has 10 heteroatoms. The lowest BCUT2D eigenvalue weighted by Gasteiger charge is -2.26. The van der Waals surface area contributed by atoms with Gasteiger partial charge >= 0.3 is 6.18 Å². The topological polar surface area (TPSA) is 66.5 Å². The molecule has 0 heterocycles. The van der Waals surface area contributed by atoms with Crippen molar-refractivity contribution >= 4 is 33.2 Å². The predicted octanol–water partition coefficient (Wildman–Crippen LogP) is 5.18. The summed E-state index contributed by atoms with van der Waals surface area (Å²) in [5.74, 6) is -0.706. The Balaban J connectivity index is 2.00. The molecule has 174 valence electrons. The van der Waals surface area contributed by atoms with Crippen LogP contribution in [0.15, 0.2) is 77.7 Å². The molecule has 0 aliphatic heterocycles. The predicted molar refractivity (Wildman–Crippen MR) is 120 cm³/mol. The van der Waals surface area contributed by atoms with E-state index in [2.05, 4.69) is 5.32 Å². The zero-order valence-corrected chi connectivity index (χ0v) is 19.0. The normalized spacial score (nSPS) is 11.8. The number of alkyl halides is 3. The van der Waals surface area contributed by atoms with Crippen LogP contribution in [0.5, 0.6) is 0 Å². The molecule has 1 amide bonds. The van der Waals surface area contributed by atoms with E-state index < -0.39 is 39.9 Å². The molecular weight excluding hydrogens is 477 g/mol. The highest BCUT2D eigenvalue weighted by Crippen LogP contribution is 2.37. The van der Waals surface area contributed by atoms with Gasteiger partial charge in [-0.3, -0.25) is 9.10 Å². The SMILES string of the molecule is Cc1ccc(S(=O)(=O)N(CC(=O)NCc2ccccc2)c2cc(C(F)(F)F)ccc2Cl)cc1. The van der Waals surface area contributed by atoms with E-state index in [4.69, 9.17) is 11.6 Å². The summed E-state index contributed by atoms with van der Waals surface area (Å²) in [6, 6.07) is 17.0. The fourth-order valence-corrected chi connectivity index (χ4v) is 4.70. The van der Waals surface area contributed by atoms with E-state index in [-0.39, 0.29) is 16.5 Å². The van der Waals surface area contributed by atoms with Crippen molar-refractivity contribution in [3.05, 3.63) is 94.5 Å². The van der Waals surface area contributed by atoms with E-state index >= 15 is 0 Å². The Morgan fingerprint density at radius 2 is 1.64 bits per heavy atom. The third-order valence-electron chi connectivity index (χ3n) is 4.77. The molecule has 1 N–H and O–H groups in total. The molecule has 0 saturated carbocycles. The molecule has 33 heavy (non-hydrogen) atoms. The van der Waals surface area contributed by atoms with E-state index in [9.17, 15) is 26.4 Å². The number of amides is 1. The number of carbonyl (C=O) groups is 1. The minimum atomic E-state index is -4.73. The maximum Gasteiger partial charge on any atom is 0.416 e. The van der Waals surface area contributed by atoms with Crippen LogP contribution in [0, 0.1) is 6.92 Å². The summed E-state index contributed by atoms with van der Waals surface area (Å²) in [4.78, 5) is 12.5. The summed E-state index contributed by atoms with van der Waals surface area (Å²) in [5, 5.41) is 2.34. The van der Waals surface area contributed by atoms with Crippen LogP contribution >= 0.6 is 11.6 Å². The molecule has 5 nitrogen and oxygen atoms in total. The van der Waals surface area contributed by atoms with Crippen molar-refractivity contribution in [2.45, 2.75) is 24.5 Å². The van der Waals surface area contributed by atoms with Gasteiger partial charge in [0.25, 0.3) is 10.0 Å². The van der Waals surface area contributed by atoms with Gasteiger partial charge in [-0.1, -0.05) is 59.6 Å². The fourth-order valence-electron chi connectivity index (χ4n) is 3.00. The summed E-state index contributed by atoms with van der Waals surface area (Å²) < 4.78 is 67.3. The van der Waals surface area contributed by atoms with Crippen molar-refractivity contribution < 1.29 is 26.4 Å². The summed E-state index contributed by atoms with van der Waals surface area (Å²) in [5.41, 5.74) is 0.0340. The highest BCUT2D eigenvalue weighted by atomic mass is 35.5. The van der Waals surface area contributed by atoms with Crippen LogP contribution in [0.1, 0.15) is 16.7 Å². The molecule has 0 fully saturated rings. The smallest absolute Gasteiger partial charge is 0.350 e. The number of hydrogen-bond donors (Lipinski definition) is 1. The summed E-state index contributed by atoms with van der Waals surface area (Å²) in [6.45, 7) is 1.12.